The number of aryl methyl sites for hydroxylation is 2. The Hall–Kier alpha value is -1.93. The second kappa shape index (κ2) is 6.23. The Morgan fingerprint density at radius 1 is 1.43 bits per heavy atom. The summed E-state index contributed by atoms with van der Waals surface area (Å²) >= 11 is 2.64. The minimum absolute atomic E-state index is 0.0679. The minimum Gasteiger partial charge on any atom is -0.298 e. The van der Waals surface area contributed by atoms with Crippen molar-refractivity contribution in [2.45, 2.75) is 18.7 Å². The van der Waals surface area contributed by atoms with Crippen molar-refractivity contribution in [1.29, 1.82) is 0 Å². The number of thiazole rings is 1. The third kappa shape index (κ3) is 3.40. The molecule has 1 aromatic carbocycles. The first-order valence-corrected chi connectivity index (χ1v) is 8.04. The van der Waals surface area contributed by atoms with Gasteiger partial charge in [-0.05, 0) is 32.2 Å². The van der Waals surface area contributed by atoms with Gasteiger partial charge in [-0.25, -0.2) is 4.98 Å². The topological polar surface area (TPSA) is 85.1 Å². The maximum atomic E-state index is 12.1. The number of hydrogen-bond acceptors (Lipinski definition) is 6. The highest BCUT2D eigenvalue weighted by atomic mass is 32.2. The summed E-state index contributed by atoms with van der Waals surface area (Å²) in [5.41, 5.74) is 1.03. The average Bonchev–Trinajstić information content (AvgIpc) is 2.76. The van der Waals surface area contributed by atoms with Crippen molar-refractivity contribution in [3.63, 3.8) is 0 Å². The first-order valence-electron chi connectivity index (χ1n) is 6.00. The van der Waals surface area contributed by atoms with Crippen LogP contribution in [0.4, 0.5) is 10.8 Å². The Morgan fingerprint density at radius 2 is 2.14 bits per heavy atom. The highest BCUT2D eigenvalue weighted by molar-refractivity contribution is 7.98. The van der Waals surface area contributed by atoms with E-state index in [-0.39, 0.29) is 11.3 Å². The number of anilines is 1. The number of carbonyl (C=O) groups is 1. The third-order valence-corrected chi connectivity index (χ3v) is 4.66. The molecule has 0 fully saturated rings. The smallest absolute Gasteiger partial charge is 0.283 e. The Morgan fingerprint density at radius 3 is 2.67 bits per heavy atom. The van der Waals surface area contributed by atoms with Gasteiger partial charge in [0.1, 0.15) is 0 Å². The van der Waals surface area contributed by atoms with Crippen LogP contribution in [0.25, 0.3) is 0 Å². The zero-order chi connectivity index (χ0) is 15.6. The van der Waals surface area contributed by atoms with Crippen molar-refractivity contribution in [3.8, 4) is 0 Å². The molecule has 0 aliphatic heterocycles. The lowest BCUT2D eigenvalue weighted by Crippen LogP contribution is -2.12. The van der Waals surface area contributed by atoms with Crippen LogP contribution >= 0.6 is 23.1 Å². The highest BCUT2D eigenvalue weighted by Gasteiger charge is 2.18. The number of aromatic nitrogens is 1. The van der Waals surface area contributed by atoms with Crippen molar-refractivity contribution >= 4 is 39.8 Å². The standard InChI is InChI=1S/C13H13N3O3S2/c1-7-8(2)21-13(14-7)15-12(17)9-4-5-11(20-3)10(6-9)16(18)19/h4-6H,1-3H3,(H,14,15,17). The fourth-order valence-corrected chi connectivity index (χ4v) is 3.03. The van der Waals surface area contributed by atoms with Crippen molar-refractivity contribution in [3.05, 3.63) is 44.4 Å². The van der Waals surface area contributed by atoms with Crippen molar-refractivity contribution < 1.29 is 9.72 Å². The van der Waals surface area contributed by atoms with E-state index in [1.165, 1.54) is 29.2 Å². The lowest BCUT2D eigenvalue weighted by Gasteiger charge is -2.04. The van der Waals surface area contributed by atoms with Crippen LogP contribution in [-0.4, -0.2) is 22.1 Å². The number of amides is 1. The Balaban J connectivity index is 2.27. The van der Waals surface area contributed by atoms with E-state index in [1.807, 2.05) is 13.8 Å². The van der Waals surface area contributed by atoms with Gasteiger partial charge in [-0.2, -0.15) is 0 Å². The minimum atomic E-state index is -0.486. The van der Waals surface area contributed by atoms with Gasteiger partial charge in [0.2, 0.25) is 0 Å². The highest BCUT2D eigenvalue weighted by Crippen LogP contribution is 2.29. The van der Waals surface area contributed by atoms with Crippen molar-refractivity contribution in [1.82, 2.24) is 4.98 Å². The van der Waals surface area contributed by atoms with E-state index >= 15 is 0 Å². The Labute approximate surface area is 129 Å². The van der Waals surface area contributed by atoms with E-state index in [0.717, 1.165) is 10.6 Å². The maximum absolute atomic E-state index is 12.1. The van der Waals surface area contributed by atoms with E-state index < -0.39 is 10.8 Å². The van der Waals surface area contributed by atoms with E-state index in [2.05, 4.69) is 10.3 Å². The molecular weight excluding hydrogens is 310 g/mol. The maximum Gasteiger partial charge on any atom is 0.283 e. The van der Waals surface area contributed by atoms with Crippen LogP contribution in [0.3, 0.4) is 0 Å². The summed E-state index contributed by atoms with van der Waals surface area (Å²) in [5, 5.41) is 14.2. The molecule has 0 aliphatic rings. The Kier molecular flexibility index (Phi) is 4.59. The van der Waals surface area contributed by atoms with Crippen molar-refractivity contribution in [2.75, 3.05) is 11.6 Å². The van der Waals surface area contributed by atoms with Crippen LogP contribution in [-0.2, 0) is 0 Å². The van der Waals surface area contributed by atoms with Crippen LogP contribution in [0.15, 0.2) is 23.1 Å². The van der Waals surface area contributed by atoms with Crippen LogP contribution < -0.4 is 5.32 Å². The first-order chi connectivity index (χ1) is 9.92. The lowest BCUT2D eigenvalue weighted by molar-refractivity contribution is -0.387. The molecule has 0 spiro atoms. The zero-order valence-electron chi connectivity index (χ0n) is 11.7. The molecule has 0 bridgehead atoms. The lowest BCUT2D eigenvalue weighted by atomic mass is 10.2. The molecular formula is C13H13N3O3S2. The molecule has 1 heterocycles. The second-order valence-electron chi connectivity index (χ2n) is 4.26. The quantitative estimate of drug-likeness (QED) is 0.527. The molecule has 0 atom stereocenters. The van der Waals surface area contributed by atoms with Gasteiger partial charge in [-0.15, -0.1) is 23.1 Å². The summed E-state index contributed by atoms with van der Waals surface area (Å²) in [4.78, 5) is 28.4. The number of thioether (sulfide) groups is 1. The summed E-state index contributed by atoms with van der Waals surface area (Å²) in [6.45, 7) is 3.78. The predicted molar refractivity (Wildman–Crippen MR) is 84.4 cm³/mol. The number of nitrogens with zero attached hydrogens (tertiary/aromatic N) is 2. The molecule has 8 heteroatoms. The second-order valence-corrected chi connectivity index (χ2v) is 6.31. The van der Waals surface area contributed by atoms with Gasteiger partial charge in [0, 0.05) is 16.5 Å². The van der Waals surface area contributed by atoms with Crippen LogP contribution in [0.5, 0.6) is 0 Å². The molecule has 1 N–H and O–H groups in total. The molecule has 2 rings (SSSR count). The van der Waals surface area contributed by atoms with Gasteiger partial charge in [-0.1, -0.05) is 0 Å². The largest absolute Gasteiger partial charge is 0.298 e. The number of rotatable bonds is 4. The van der Waals surface area contributed by atoms with Crippen molar-refractivity contribution in [2.24, 2.45) is 0 Å². The number of nitro benzene ring substituents is 1. The fourth-order valence-electron chi connectivity index (χ4n) is 1.67. The molecule has 0 unspecified atom stereocenters. The van der Waals surface area contributed by atoms with Crippen LogP contribution in [0.2, 0.25) is 0 Å². The van der Waals surface area contributed by atoms with E-state index in [9.17, 15) is 14.9 Å². The van der Waals surface area contributed by atoms with Gasteiger partial charge in [-0.3, -0.25) is 20.2 Å². The first kappa shape index (κ1) is 15.5. The summed E-state index contributed by atoms with van der Waals surface area (Å²) in [6, 6.07) is 4.44. The van der Waals surface area contributed by atoms with Gasteiger partial charge < -0.3 is 0 Å². The molecule has 0 radical (unpaired) electrons. The molecule has 21 heavy (non-hydrogen) atoms. The monoisotopic (exact) mass is 323 g/mol. The normalized spacial score (nSPS) is 10.4. The SMILES string of the molecule is CSc1ccc(C(=O)Nc2nc(C)c(C)s2)cc1[N+](=O)[O-]. The molecule has 110 valence electrons. The van der Waals surface area contributed by atoms with Gasteiger partial charge in [0.05, 0.1) is 15.5 Å². The zero-order valence-corrected chi connectivity index (χ0v) is 13.3. The molecule has 2 aromatic rings. The van der Waals surface area contributed by atoms with Crippen LogP contribution in [0, 0.1) is 24.0 Å². The summed E-state index contributed by atoms with van der Waals surface area (Å²) in [6.07, 6.45) is 1.75. The summed E-state index contributed by atoms with van der Waals surface area (Å²) in [5.74, 6) is -0.403. The van der Waals surface area contributed by atoms with E-state index in [0.29, 0.717) is 10.0 Å². The number of hydrogen-bond donors (Lipinski definition) is 1. The molecule has 1 amide bonds. The molecule has 0 saturated heterocycles. The number of nitrogens with one attached hydrogen (secondary N) is 1. The summed E-state index contributed by atoms with van der Waals surface area (Å²) < 4.78 is 0. The van der Waals surface area contributed by atoms with E-state index in [1.54, 1.807) is 18.4 Å². The van der Waals surface area contributed by atoms with E-state index in [4.69, 9.17) is 0 Å². The van der Waals surface area contributed by atoms with Gasteiger partial charge >= 0.3 is 0 Å². The molecule has 0 saturated carbocycles. The number of nitro groups is 1. The van der Waals surface area contributed by atoms with Crippen LogP contribution in [0.1, 0.15) is 20.9 Å². The predicted octanol–water partition coefficient (Wildman–Crippen LogP) is 3.64. The van der Waals surface area contributed by atoms with Gasteiger partial charge in [0.15, 0.2) is 5.13 Å². The number of carbonyl (C=O) groups excluding carboxylic acids is 1. The Bertz CT molecular complexity index is 693. The molecule has 0 aliphatic carbocycles. The number of benzene rings is 1. The van der Waals surface area contributed by atoms with Gasteiger partial charge in [0.25, 0.3) is 11.6 Å². The average molecular weight is 323 g/mol. The fraction of sp³-hybridized carbons (Fsp3) is 0.231. The third-order valence-electron chi connectivity index (χ3n) is 2.89. The molecule has 1 aromatic heterocycles. The summed E-state index contributed by atoms with van der Waals surface area (Å²) in [7, 11) is 0. The molecule has 6 nitrogen and oxygen atoms in total.